The third-order valence-corrected chi connectivity index (χ3v) is 4.25. The van der Waals surface area contributed by atoms with Crippen LogP contribution in [0.3, 0.4) is 0 Å². The maximum absolute atomic E-state index is 6.13. The summed E-state index contributed by atoms with van der Waals surface area (Å²) >= 11 is 6.13. The summed E-state index contributed by atoms with van der Waals surface area (Å²) in [5.41, 5.74) is 6.02. The van der Waals surface area contributed by atoms with Crippen molar-refractivity contribution < 1.29 is 4.74 Å². The summed E-state index contributed by atoms with van der Waals surface area (Å²) < 4.78 is 5.45. The van der Waals surface area contributed by atoms with Gasteiger partial charge in [-0.05, 0) is 59.0 Å². The highest BCUT2D eigenvalue weighted by Gasteiger charge is 2.16. The Labute approximate surface area is 136 Å². The summed E-state index contributed by atoms with van der Waals surface area (Å²) in [6.45, 7) is 5.20. The lowest BCUT2D eigenvalue weighted by molar-refractivity contribution is 0.407. The van der Waals surface area contributed by atoms with Gasteiger partial charge in [0.05, 0.1) is 7.11 Å². The molecule has 0 unspecified atom stereocenters. The van der Waals surface area contributed by atoms with Gasteiger partial charge in [0.25, 0.3) is 0 Å². The fourth-order valence-corrected chi connectivity index (χ4v) is 3.02. The van der Waals surface area contributed by atoms with Gasteiger partial charge in [0.15, 0.2) is 0 Å². The molecule has 0 spiro atoms. The fourth-order valence-electron chi connectivity index (χ4n) is 2.85. The molecule has 1 N–H and O–H groups in total. The molecule has 0 atom stereocenters. The molecular weight excluding hydrogens is 294 g/mol. The maximum atomic E-state index is 6.13. The van der Waals surface area contributed by atoms with E-state index in [-0.39, 0.29) is 0 Å². The second-order valence-electron chi connectivity index (χ2n) is 5.87. The maximum Gasteiger partial charge on any atom is 0.122 e. The van der Waals surface area contributed by atoms with Gasteiger partial charge in [0, 0.05) is 22.8 Å². The topological polar surface area (TPSA) is 21.3 Å². The normalized spacial score (nSPS) is 15.0. The van der Waals surface area contributed by atoms with Crippen LogP contribution in [-0.2, 0) is 0 Å². The summed E-state index contributed by atoms with van der Waals surface area (Å²) in [7, 11) is 1.72. The first kappa shape index (κ1) is 15.0. The molecule has 3 rings (SSSR count). The molecule has 2 aromatic rings. The Morgan fingerprint density at radius 2 is 2.00 bits per heavy atom. The van der Waals surface area contributed by atoms with Crippen molar-refractivity contribution in [1.29, 1.82) is 0 Å². The van der Waals surface area contributed by atoms with Crippen molar-refractivity contribution in [2.45, 2.75) is 19.8 Å². The van der Waals surface area contributed by atoms with Crippen LogP contribution in [0.5, 0.6) is 5.75 Å². The highest BCUT2D eigenvalue weighted by atomic mass is 35.5. The number of hydrogen-bond donors (Lipinski definition) is 1. The van der Waals surface area contributed by atoms with E-state index in [0.717, 1.165) is 23.0 Å². The number of anilines is 1. The largest absolute Gasteiger partial charge is 0.496 e. The number of hydrogen-bond acceptors (Lipinski definition) is 2. The van der Waals surface area contributed by atoms with Gasteiger partial charge < -0.3 is 10.1 Å². The quantitative estimate of drug-likeness (QED) is 0.815. The van der Waals surface area contributed by atoms with Gasteiger partial charge in [-0.3, -0.25) is 0 Å². The Kier molecular flexibility index (Phi) is 4.12. The summed E-state index contributed by atoms with van der Waals surface area (Å²) in [6, 6.07) is 12.3. The van der Waals surface area contributed by atoms with E-state index in [9.17, 15) is 0 Å². The molecule has 0 saturated heterocycles. The standard InChI is InChI=1S/C19H20ClNO/c1-12(2)16-9-13(4-7-19(16)22-3)8-14-11-21-18-6-5-15(20)10-17(14)18/h4-10,12,21H,11H2,1-3H3. The molecule has 1 heterocycles. The van der Waals surface area contributed by atoms with Crippen molar-refractivity contribution in [2.24, 2.45) is 0 Å². The Balaban J connectivity index is 2.01. The zero-order valence-electron chi connectivity index (χ0n) is 13.1. The predicted molar refractivity (Wildman–Crippen MR) is 94.9 cm³/mol. The molecule has 22 heavy (non-hydrogen) atoms. The lowest BCUT2D eigenvalue weighted by atomic mass is 9.97. The minimum Gasteiger partial charge on any atom is -0.496 e. The molecule has 0 amide bonds. The number of ether oxygens (including phenoxy) is 1. The third-order valence-electron chi connectivity index (χ3n) is 4.01. The van der Waals surface area contributed by atoms with Gasteiger partial charge >= 0.3 is 0 Å². The molecule has 0 aliphatic carbocycles. The lowest BCUT2D eigenvalue weighted by Crippen LogP contribution is -1.95. The molecule has 1 aliphatic heterocycles. The second-order valence-corrected chi connectivity index (χ2v) is 6.31. The number of fused-ring (bicyclic) bond motifs is 1. The summed E-state index contributed by atoms with van der Waals surface area (Å²) in [6.07, 6.45) is 2.22. The molecule has 0 fully saturated rings. The zero-order valence-corrected chi connectivity index (χ0v) is 13.9. The van der Waals surface area contributed by atoms with Gasteiger partial charge in [-0.2, -0.15) is 0 Å². The molecule has 114 valence electrons. The monoisotopic (exact) mass is 313 g/mol. The van der Waals surface area contributed by atoms with Crippen molar-refractivity contribution in [3.63, 3.8) is 0 Å². The van der Waals surface area contributed by atoms with Crippen molar-refractivity contribution in [3.05, 3.63) is 58.1 Å². The average molecular weight is 314 g/mol. The lowest BCUT2D eigenvalue weighted by Gasteiger charge is -2.12. The molecule has 3 heteroatoms. The number of methoxy groups -OCH3 is 1. The van der Waals surface area contributed by atoms with Crippen LogP contribution in [0.4, 0.5) is 5.69 Å². The van der Waals surface area contributed by atoms with E-state index in [2.05, 4.69) is 37.4 Å². The predicted octanol–water partition coefficient (Wildman–Crippen LogP) is 5.44. The van der Waals surface area contributed by atoms with Gasteiger partial charge in [-0.1, -0.05) is 31.5 Å². The van der Waals surface area contributed by atoms with Crippen LogP contribution in [0.15, 0.2) is 36.4 Å². The van der Waals surface area contributed by atoms with E-state index >= 15 is 0 Å². The first-order chi connectivity index (χ1) is 10.6. The molecule has 0 radical (unpaired) electrons. The minimum absolute atomic E-state index is 0.428. The van der Waals surface area contributed by atoms with Crippen LogP contribution in [-0.4, -0.2) is 13.7 Å². The van der Waals surface area contributed by atoms with E-state index in [1.165, 1.54) is 22.3 Å². The molecule has 2 aromatic carbocycles. The van der Waals surface area contributed by atoms with Crippen LogP contribution in [0.1, 0.15) is 36.5 Å². The van der Waals surface area contributed by atoms with Crippen LogP contribution in [0.2, 0.25) is 5.02 Å². The zero-order chi connectivity index (χ0) is 15.7. The van der Waals surface area contributed by atoms with Crippen LogP contribution >= 0.6 is 11.6 Å². The first-order valence-electron chi connectivity index (χ1n) is 7.51. The molecular formula is C19H20ClNO. The van der Waals surface area contributed by atoms with E-state index in [4.69, 9.17) is 16.3 Å². The van der Waals surface area contributed by atoms with Crippen molar-refractivity contribution in [2.75, 3.05) is 19.0 Å². The third kappa shape index (κ3) is 2.84. The number of rotatable bonds is 3. The van der Waals surface area contributed by atoms with Crippen molar-refractivity contribution in [1.82, 2.24) is 0 Å². The van der Waals surface area contributed by atoms with Gasteiger partial charge in [-0.15, -0.1) is 0 Å². The van der Waals surface area contributed by atoms with E-state index in [0.29, 0.717) is 5.92 Å². The van der Waals surface area contributed by atoms with E-state index in [1.807, 2.05) is 24.3 Å². The van der Waals surface area contributed by atoms with Crippen LogP contribution < -0.4 is 10.1 Å². The fraction of sp³-hybridized carbons (Fsp3) is 0.263. The Morgan fingerprint density at radius 3 is 2.73 bits per heavy atom. The van der Waals surface area contributed by atoms with E-state index in [1.54, 1.807) is 7.11 Å². The smallest absolute Gasteiger partial charge is 0.122 e. The molecule has 0 aromatic heterocycles. The van der Waals surface area contributed by atoms with Crippen LogP contribution in [0, 0.1) is 0 Å². The minimum atomic E-state index is 0.428. The SMILES string of the molecule is COc1ccc(C=C2CNc3ccc(Cl)cc32)cc1C(C)C. The highest BCUT2D eigenvalue weighted by molar-refractivity contribution is 6.31. The van der Waals surface area contributed by atoms with E-state index < -0.39 is 0 Å². The van der Waals surface area contributed by atoms with Crippen molar-refractivity contribution >= 4 is 28.9 Å². The number of halogens is 1. The first-order valence-corrected chi connectivity index (χ1v) is 7.88. The Hall–Kier alpha value is -1.93. The highest BCUT2D eigenvalue weighted by Crippen LogP contribution is 2.35. The molecule has 0 bridgehead atoms. The molecule has 0 saturated carbocycles. The summed E-state index contributed by atoms with van der Waals surface area (Å²) in [4.78, 5) is 0. The molecule has 1 aliphatic rings. The molecule has 2 nitrogen and oxygen atoms in total. The number of benzene rings is 2. The van der Waals surface area contributed by atoms with Gasteiger partial charge in [0.1, 0.15) is 5.75 Å². The summed E-state index contributed by atoms with van der Waals surface area (Å²) in [5.74, 6) is 1.38. The second kappa shape index (κ2) is 6.05. The Bertz CT molecular complexity index is 734. The average Bonchev–Trinajstić information content (AvgIpc) is 2.89. The van der Waals surface area contributed by atoms with Crippen LogP contribution in [0.25, 0.3) is 11.6 Å². The summed E-state index contributed by atoms with van der Waals surface area (Å²) in [5, 5.41) is 4.18. The number of nitrogens with one attached hydrogen (secondary N) is 1. The van der Waals surface area contributed by atoms with Crippen molar-refractivity contribution in [3.8, 4) is 5.75 Å². The van der Waals surface area contributed by atoms with Gasteiger partial charge in [-0.25, -0.2) is 0 Å². The Morgan fingerprint density at radius 1 is 1.18 bits per heavy atom. The van der Waals surface area contributed by atoms with Gasteiger partial charge in [0.2, 0.25) is 0 Å².